The molecule has 3 rings (SSSR count). The molecule has 2 aromatic rings. The molecule has 0 saturated heterocycles. The Balaban J connectivity index is 2.38. The Hall–Kier alpha value is -2.98. The molecule has 0 fully saturated rings. The number of aryl methyl sites for hydroxylation is 2. The number of rotatable bonds is 1. The van der Waals surface area contributed by atoms with Crippen molar-refractivity contribution in [2.75, 3.05) is 16.8 Å². The molecule has 1 heterocycles. The van der Waals surface area contributed by atoms with Crippen molar-refractivity contribution < 1.29 is 0 Å². The minimum absolute atomic E-state index is 0.0285. The number of nitrogens with zero attached hydrogens (tertiary/aromatic N) is 4. The standard InChI is InChI=1S/C20H20N4/c1-12-6-7-13(2)18(14(12)3)24-15(4)23(5)19-16(10-21)8-9-17(11-22)20(19)24/h6-9,15H,1-5H3/t15-/m0/s1. The normalized spacial score (nSPS) is 15.9. The highest BCUT2D eigenvalue weighted by molar-refractivity contribution is 5.92. The molecule has 0 aliphatic carbocycles. The van der Waals surface area contributed by atoms with Crippen LogP contribution >= 0.6 is 0 Å². The Morgan fingerprint density at radius 1 is 0.833 bits per heavy atom. The van der Waals surface area contributed by atoms with Gasteiger partial charge in [0.15, 0.2) is 0 Å². The molecule has 0 aromatic heterocycles. The van der Waals surface area contributed by atoms with Crippen molar-refractivity contribution in [1.29, 1.82) is 10.5 Å². The third kappa shape index (κ3) is 2.04. The van der Waals surface area contributed by atoms with Crippen molar-refractivity contribution in [3.8, 4) is 12.1 Å². The lowest BCUT2D eigenvalue weighted by molar-refractivity contribution is 0.730. The van der Waals surface area contributed by atoms with Gasteiger partial charge in [-0.1, -0.05) is 12.1 Å². The summed E-state index contributed by atoms with van der Waals surface area (Å²) in [5.41, 5.74) is 7.58. The second-order valence-corrected chi connectivity index (χ2v) is 6.37. The van der Waals surface area contributed by atoms with Crippen LogP contribution in [0.15, 0.2) is 24.3 Å². The van der Waals surface area contributed by atoms with E-state index in [4.69, 9.17) is 0 Å². The van der Waals surface area contributed by atoms with Gasteiger partial charge in [0.05, 0.1) is 22.5 Å². The quantitative estimate of drug-likeness (QED) is 0.787. The zero-order chi connectivity index (χ0) is 17.6. The Kier molecular flexibility index (Phi) is 3.70. The zero-order valence-corrected chi connectivity index (χ0v) is 14.7. The Morgan fingerprint density at radius 3 is 1.96 bits per heavy atom. The molecule has 0 saturated carbocycles. The highest BCUT2D eigenvalue weighted by Gasteiger charge is 2.37. The van der Waals surface area contributed by atoms with Crippen LogP contribution < -0.4 is 9.80 Å². The van der Waals surface area contributed by atoms with Gasteiger partial charge in [-0.3, -0.25) is 0 Å². The third-order valence-corrected chi connectivity index (χ3v) is 5.06. The van der Waals surface area contributed by atoms with Crippen LogP contribution in [0.25, 0.3) is 0 Å². The van der Waals surface area contributed by atoms with E-state index >= 15 is 0 Å². The molecular formula is C20H20N4. The molecule has 4 nitrogen and oxygen atoms in total. The maximum absolute atomic E-state index is 9.62. The molecule has 1 atom stereocenters. The largest absolute Gasteiger partial charge is 0.351 e. The first-order valence-corrected chi connectivity index (χ1v) is 7.98. The smallest absolute Gasteiger partial charge is 0.103 e. The lowest BCUT2D eigenvalue weighted by atomic mass is 10.0. The second kappa shape index (κ2) is 5.58. The summed E-state index contributed by atoms with van der Waals surface area (Å²) in [5, 5.41) is 19.1. The van der Waals surface area contributed by atoms with Crippen molar-refractivity contribution in [2.24, 2.45) is 0 Å². The predicted octanol–water partition coefficient (Wildman–Crippen LogP) is 4.29. The van der Waals surface area contributed by atoms with Crippen LogP contribution in [0.5, 0.6) is 0 Å². The molecule has 0 spiro atoms. The average Bonchev–Trinajstić information content (AvgIpc) is 2.84. The molecule has 1 aliphatic rings. The van der Waals surface area contributed by atoms with Crippen LogP contribution in [0, 0.1) is 43.4 Å². The molecule has 0 bridgehead atoms. The summed E-state index contributed by atoms with van der Waals surface area (Å²) in [6.07, 6.45) is 0.0285. The van der Waals surface area contributed by atoms with Crippen LogP contribution in [0.1, 0.15) is 34.7 Å². The highest BCUT2D eigenvalue weighted by atomic mass is 15.4. The fraction of sp³-hybridized carbons (Fsp3) is 0.300. The fourth-order valence-corrected chi connectivity index (χ4v) is 3.51. The molecular weight excluding hydrogens is 296 g/mol. The summed E-state index contributed by atoms with van der Waals surface area (Å²) in [6.45, 7) is 8.40. The topological polar surface area (TPSA) is 54.1 Å². The summed E-state index contributed by atoms with van der Waals surface area (Å²) in [5.74, 6) is 0. The predicted molar refractivity (Wildman–Crippen MR) is 96.5 cm³/mol. The van der Waals surface area contributed by atoms with Gasteiger partial charge in [-0.05, 0) is 56.5 Å². The van der Waals surface area contributed by atoms with Crippen LogP contribution in [-0.4, -0.2) is 13.2 Å². The van der Waals surface area contributed by atoms with E-state index in [0.29, 0.717) is 11.1 Å². The van der Waals surface area contributed by atoms with Gasteiger partial charge in [0.2, 0.25) is 0 Å². The molecule has 0 amide bonds. The number of anilines is 3. The summed E-state index contributed by atoms with van der Waals surface area (Å²) in [7, 11) is 1.98. The van der Waals surface area contributed by atoms with E-state index < -0.39 is 0 Å². The average molecular weight is 316 g/mol. The number of nitriles is 2. The van der Waals surface area contributed by atoms with Crippen LogP contribution in [-0.2, 0) is 0 Å². The molecule has 2 aromatic carbocycles. The molecule has 0 radical (unpaired) electrons. The summed E-state index contributed by atoms with van der Waals surface area (Å²) in [6, 6.07) is 12.3. The van der Waals surface area contributed by atoms with Crippen molar-refractivity contribution in [3.63, 3.8) is 0 Å². The van der Waals surface area contributed by atoms with Gasteiger partial charge in [0.1, 0.15) is 18.3 Å². The van der Waals surface area contributed by atoms with Gasteiger partial charge in [-0.2, -0.15) is 10.5 Å². The lowest BCUT2D eigenvalue weighted by Gasteiger charge is -2.31. The van der Waals surface area contributed by atoms with Gasteiger partial charge in [-0.25, -0.2) is 0 Å². The lowest BCUT2D eigenvalue weighted by Crippen LogP contribution is -2.36. The van der Waals surface area contributed by atoms with E-state index in [2.05, 4.69) is 61.8 Å². The van der Waals surface area contributed by atoms with Gasteiger partial charge in [0.25, 0.3) is 0 Å². The van der Waals surface area contributed by atoms with Crippen molar-refractivity contribution in [3.05, 3.63) is 52.1 Å². The first-order chi connectivity index (χ1) is 11.4. The maximum atomic E-state index is 9.62. The second-order valence-electron chi connectivity index (χ2n) is 6.37. The Labute approximate surface area is 143 Å². The summed E-state index contributed by atoms with van der Waals surface area (Å²) >= 11 is 0. The summed E-state index contributed by atoms with van der Waals surface area (Å²) in [4.78, 5) is 4.28. The van der Waals surface area contributed by atoms with E-state index in [1.54, 1.807) is 12.1 Å². The van der Waals surface area contributed by atoms with E-state index in [1.807, 2.05) is 7.05 Å². The van der Waals surface area contributed by atoms with Gasteiger partial charge in [0, 0.05) is 12.7 Å². The molecule has 0 N–H and O–H groups in total. The third-order valence-electron chi connectivity index (χ3n) is 5.06. The molecule has 1 aliphatic heterocycles. The van der Waals surface area contributed by atoms with E-state index in [1.165, 1.54) is 11.1 Å². The molecule has 4 heteroatoms. The monoisotopic (exact) mass is 316 g/mol. The van der Waals surface area contributed by atoms with Crippen molar-refractivity contribution in [1.82, 2.24) is 0 Å². The van der Waals surface area contributed by atoms with E-state index in [0.717, 1.165) is 22.6 Å². The van der Waals surface area contributed by atoms with Gasteiger partial charge < -0.3 is 9.80 Å². The molecule has 120 valence electrons. The Bertz CT molecular complexity index is 915. The number of benzene rings is 2. The molecule has 0 unspecified atom stereocenters. The first-order valence-electron chi connectivity index (χ1n) is 7.98. The number of hydrogen-bond donors (Lipinski definition) is 0. The molecule has 24 heavy (non-hydrogen) atoms. The van der Waals surface area contributed by atoms with Crippen molar-refractivity contribution >= 4 is 17.1 Å². The minimum Gasteiger partial charge on any atom is -0.351 e. The van der Waals surface area contributed by atoms with E-state index in [-0.39, 0.29) is 6.17 Å². The number of hydrogen-bond acceptors (Lipinski definition) is 4. The SMILES string of the molecule is Cc1ccc(C)c(N2c3c(C#N)ccc(C#N)c3N(C)[C@@H]2C)c1C. The zero-order valence-electron chi connectivity index (χ0n) is 14.7. The van der Waals surface area contributed by atoms with E-state index in [9.17, 15) is 10.5 Å². The van der Waals surface area contributed by atoms with Gasteiger partial charge >= 0.3 is 0 Å². The highest BCUT2D eigenvalue weighted by Crippen LogP contribution is 2.49. The minimum atomic E-state index is 0.0285. The Morgan fingerprint density at radius 2 is 1.38 bits per heavy atom. The van der Waals surface area contributed by atoms with Gasteiger partial charge in [-0.15, -0.1) is 0 Å². The fourth-order valence-electron chi connectivity index (χ4n) is 3.51. The van der Waals surface area contributed by atoms with Crippen LogP contribution in [0.2, 0.25) is 0 Å². The first kappa shape index (κ1) is 15.9. The summed E-state index contributed by atoms with van der Waals surface area (Å²) < 4.78 is 0. The maximum Gasteiger partial charge on any atom is 0.103 e. The van der Waals surface area contributed by atoms with Crippen LogP contribution in [0.4, 0.5) is 17.1 Å². The number of fused-ring (bicyclic) bond motifs is 1. The van der Waals surface area contributed by atoms with Crippen LogP contribution in [0.3, 0.4) is 0 Å². The van der Waals surface area contributed by atoms with Crippen molar-refractivity contribution in [2.45, 2.75) is 33.9 Å².